The zero-order valence-corrected chi connectivity index (χ0v) is 8.82. The lowest BCUT2D eigenvalue weighted by Crippen LogP contribution is -2.33. The summed E-state index contributed by atoms with van der Waals surface area (Å²) in [6.07, 6.45) is 9.53. The molecule has 0 aromatic rings. The molecule has 0 aromatic carbocycles. The van der Waals surface area contributed by atoms with E-state index < -0.39 is 0 Å². The molecule has 0 N–H and O–H groups in total. The summed E-state index contributed by atoms with van der Waals surface area (Å²) in [5, 5.41) is 4.69. The van der Waals surface area contributed by atoms with Crippen LogP contribution in [-0.2, 0) is 0 Å². The fourth-order valence-electron chi connectivity index (χ4n) is 3.04. The molecule has 1 saturated heterocycles. The molecule has 1 aliphatic heterocycles. The third-order valence-corrected chi connectivity index (χ3v) is 3.95. The second-order valence-electron chi connectivity index (χ2n) is 4.77. The van der Waals surface area contributed by atoms with Crippen LogP contribution < -0.4 is 0 Å². The van der Waals surface area contributed by atoms with Crippen LogP contribution in [0.2, 0.25) is 0 Å². The zero-order chi connectivity index (χ0) is 9.80. The maximum atomic E-state index is 10.3. The molecule has 1 saturated carbocycles. The van der Waals surface area contributed by atoms with E-state index in [4.69, 9.17) is 0 Å². The molecule has 0 unspecified atom stereocenters. The van der Waals surface area contributed by atoms with Crippen LogP contribution in [0.25, 0.3) is 0 Å². The van der Waals surface area contributed by atoms with Crippen molar-refractivity contribution in [2.45, 2.75) is 44.9 Å². The molecule has 2 rings (SSSR count). The van der Waals surface area contributed by atoms with Gasteiger partial charge in [-0.15, -0.1) is 4.91 Å². The Morgan fingerprint density at radius 3 is 2.00 bits per heavy atom. The molecule has 2 fully saturated rings. The highest BCUT2D eigenvalue weighted by molar-refractivity contribution is 4.78. The third kappa shape index (κ3) is 2.25. The summed E-state index contributed by atoms with van der Waals surface area (Å²) < 4.78 is 0. The SMILES string of the molecule is O=NN1CCC(C2CCCCC2)CC1. The molecular formula is C11H20N2O. The summed E-state index contributed by atoms with van der Waals surface area (Å²) in [6.45, 7) is 1.79. The Kier molecular flexibility index (Phi) is 3.38. The van der Waals surface area contributed by atoms with Crippen LogP contribution in [0.3, 0.4) is 0 Å². The van der Waals surface area contributed by atoms with E-state index in [0.29, 0.717) is 0 Å². The molecule has 0 radical (unpaired) electrons. The summed E-state index contributed by atoms with van der Waals surface area (Å²) in [7, 11) is 0. The monoisotopic (exact) mass is 196 g/mol. The zero-order valence-electron chi connectivity index (χ0n) is 8.82. The molecular weight excluding hydrogens is 176 g/mol. The minimum Gasteiger partial charge on any atom is -0.261 e. The highest BCUT2D eigenvalue weighted by atomic mass is 16.3. The smallest absolute Gasteiger partial charge is 0.0523 e. The van der Waals surface area contributed by atoms with Crippen LogP contribution >= 0.6 is 0 Å². The first kappa shape index (κ1) is 9.94. The Labute approximate surface area is 85.8 Å². The highest BCUT2D eigenvalue weighted by Crippen LogP contribution is 2.35. The molecule has 80 valence electrons. The van der Waals surface area contributed by atoms with Crippen molar-refractivity contribution in [3.05, 3.63) is 4.91 Å². The van der Waals surface area contributed by atoms with Crippen molar-refractivity contribution in [1.82, 2.24) is 5.01 Å². The largest absolute Gasteiger partial charge is 0.261 e. The average Bonchev–Trinajstić information content (AvgIpc) is 2.30. The normalized spacial score (nSPS) is 26.4. The lowest BCUT2D eigenvalue weighted by atomic mass is 9.76. The van der Waals surface area contributed by atoms with E-state index in [9.17, 15) is 4.91 Å². The molecule has 0 bridgehead atoms. The van der Waals surface area contributed by atoms with Gasteiger partial charge in [0, 0.05) is 13.1 Å². The van der Waals surface area contributed by atoms with Gasteiger partial charge in [0.2, 0.25) is 0 Å². The summed E-state index contributed by atoms with van der Waals surface area (Å²) >= 11 is 0. The maximum Gasteiger partial charge on any atom is 0.0523 e. The van der Waals surface area contributed by atoms with Gasteiger partial charge in [0.25, 0.3) is 0 Å². The molecule has 0 aromatic heterocycles. The fourth-order valence-corrected chi connectivity index (χ4v) is 3.04. The van der Waals surface area contributed by atoms with E-state index in [1.807, 2.05) is 0 Å². The number of hydrogen-bond donors (Lipinski definition) is 0. The minimum atomic E-state index is 0.883. The minimum absolute atomic E-state index is 0.883. The first-order valence-electron chi connectivity index (χ1n) is 5.98. The van der Waals surface area contributed by atoms with Crippen molar-refractivity contribution in [3.8, 4) is 0 Å². The van der Waals surface area contributed by atoms with Gasteiger partial charge in [0.05, 0.1) is 5.29 Å². The Morgan fingerprint density at radius 1 is 0.857 bits per heavy atom. The summed E-state index contributed by atoms with van der Waals surface area (Å²) in [6, 6.07) is 0. The summed E-state index contributed by atoms with van der Waals surface area (Å²) in [5.41, 5.74) is 0. The van der Waals surface area contributed by atoms with Gasteiger partial charge in [0.1, 0.15) is 0 Å². The summed E-state index contributed by atoms with van der Waals surface area (Å²) in [5.74, 6) is 1.84. The van der Waals surface area contributed by atoms with E-state index in [1.54, 1.807) is 5.01 Å². The second kappa shape index (κ2) is 4.76. The van der Waals surface area contributed by atoms with Gasteiger partial charge in [-0.25, -0.2) is 0 Å². The van der Waals surface area contributed by atoms with Crippen LogP contribution in [0.5, 0.6) is 0 Å². The van der Waals surface area contributed by atoms with Gasteiger partial charge >= 0.3 is 0 Å². The third-order valence-electron chi connectivity index (χ3n) is 3.95. The van der Waals surface area contributed by atoms with Crippen molar-refractivity contribution in [1.29, 1.82) is 0 Å². The molecule has 0 amide bonds. The second-order valence-corrected chi connectivity index (χ2v) is 4.77. The predicted molar refractivity (Wildman–Crippen MR) is 56.7 cm³/mol. The molecule has 3 heteroatoms. The fraction of sp³-hybridized carbons (Fsp3) is 1.00. The number of hydrogen-bond acceptors (Lipinski definition) is 2. The quantitative estimate of drug-likeness (QED) is 0.636. The molecule has 0 spiro atoms. The first-order valence-corrected chi connectivity index (χ1v) is 5.98. The van der Waals surface area contributed by atoms with Crippen LogP contribution in [0.4, 0.5) is 0 Å². The van der Waals surface area contributed by atoms with Crippen LogP contribution in [0.1, 0.15) is 44.9 Å². The number of rotatable bonds is 2. The van der Waals surface area contributed by atoms with Gasteiger partial charge in [-0.05, 0) is 24.7 Å². The number of nitroso groups, excluding NO2 is 1. The van der Waals surface area contributed by atoms with Gasteiger partial charge in [-0.3, -0.25) is 5.01 Å². The Balaban J connectivity index is 1.78. The van der Waals surface area contributed by atoms with Gasteiger partial charge in [-0.2, -0.15) is 0 Å². The molecule has 0 atom stereocenters. The maximum absolute atomic E-state index is 10.3. The van der Waals surface area contributed by atoms with Crippen molar-refractivity contribution in [3.63, 3.8) is 0 Å². The van der Waals surface area contributed by atoms with Gasteiger partial charge in [-0.1, -0.05) is 32.1 Å². The standard InChI is InChI=1S/C11H20N2O/c14-12-13-8-6-11(7-9-13)10-4-2-1-3-5-10/h10-11H,1-9H2. The highest BCUT2D eigenvalue weighted by Gasteiger charge is 2.27. The Bertz CT molecular complexity index is 182. The van der Waals surface area contributed by atoms with Crippen molar-refractivity contribution < 1.29 is 0 Å². The van der Waals surface area contributed by atoms with Gasteiger partial charge in [0.15, 0.2) is 0 Å². The molecule has 14 heavy (non-hydrogen) atoms. The Hall–Kier alpha value is -0.600. The lowest BCUT2D eigenvalue weighted by Gasteiger charge is -2.35. The van der Waals surface area contributed by atoms with Gasteiger partial charge < -0.3 is 0 Å². The van der Waals surface area contributed by atoms with Crippen LogP contribution in [-0.4, -0.2) is 18.1 Å². The topological polar surface area (TPSA) is 32.7 Å². The van der Waals surface area contributed by atoms with E-state index in [2.05, 4.69) is 5.29 Å². The molecule has 2 aliphatic rings. The van der Waals surface area contributed by atoms with E-state index >= 15 is 0 Å². The molecule has 1 heterocycles. The van der Waals surface area contributed by atoms with E-state index in [0.717, 1.165) is 24.9 Å². The number of nitrogens with zero attached hydrogens (tertiary/aromatic N) is 2. The summed E-state index contributed by atoms with van der Waals surface area (Å²) in [4.78, 5) is 10.3. The Morgan fingerprint density at radius 2 is 1.43 bits per heavy atom. The van der Waals surface area contributed by atoms with E-state index in [1.165, 1.54) is 44.9 Å². The number of piperidine rings is 1. The van der Waals surface area contributed by atoms with E-state index in [-0.39, 0.29) is 0 Å². The van der Waals surface area contributed by atoms with Crippen molar-refractivity contribution >= 4 is 0 Å². The lowest BCUT2D eigenvalue weighted by molar-refractivity contribution is 0.128. The van der Waals surface area contributed by atoms with Crippen LogP contribution in [0, 0.1) is 16.7 Å². The van der Waals surface area contributed by atoms with Crippen molar-refractivity contribution in [2.75, 3.05) is 13.1 Å². The average molecular weight is 196 g/mol. The van der Waals surface area contributed by atoms with Crippen molar-refractivity contribution in [2.24, 2.45) is 17.1 Å². The predicted octanol–water partition coefficient (Wildman–Crippen LogP) is 2.96. The molecule has 1 aliphatic carbocycles. The van der Waals surface area contributed by atoms with Crippen LogP contribution in [0.15, 0.2) is 5.29 Å². The molecule has 3 nitrogen and oxygen atoms in total. The first-order chi connectivity index (χ1) is 6.90.